The van der Waals surface area contributed by atoms with Crippen LogP contribution in [0.25, 0.3) is 6.08 Å². The second-order valence-corrected chi connectivity index (χ2v) is 7.49. The Balaban J connectivity index is 2.44. The van der Waals surface area contributed by atoms with Gasteiger partial charge in [-0.25, -0.2) is 4.79 Å². The number of aliphatic hydroxyl groups is 2. The van der Waals surface area contributed by atoms with E-state index in [1.54, 1.807) is 19.9 Å². The summed E-state index contributed by atoms with van der Waals surface area (Å²) in [6, 6.07) is 2.98. The molecule has 0 radical (unpaired) electrons. The monoisotopic (exact) mass is 418 g/mol. The first-order chi connectivity index (χ1) is 14.2. The van der Waals surface area contributed by atoms with Crippen molar-refractivity contribution < 1.29 is 34.4 Å². The number of rotatable bonds is 4. The smallest absolute Gasteiger partial charge is 0.342 e. The van der Waals surface area contributed by atoms with Crippen molar-refractivity contribution in [3.05, 3.63) is 41.5 Å². The van der Waals surface area contributed by atoms with E-state index in [1.165, 1.54) is 30.4 Å². The second kappa shape index (κ2) is 10.9. The van der Waals surface area contributed by atoms with E-state index in [0.717, 1.165) is 12.8 Å². The first kappa shape index (κ1) is 23.6. The van der Waals surface area contributed by atoms with E-state index >= 15 is 0 Å². The fraction of sp³-hybridized carbons (Fsp3) is 0.478. The molecule has 0 amide bonds. The largest absolute Gasteiger partial charge is 0.507 e. The number of ether oxygens (including phenoxy) is 2. The molecule has 1 aromatic rings. The van der Waals surface area contributed by atoms with E-state index in [4.69, 9.17) is 9.47 Å². The van der Waals surface area contributed by atoms with E-state index in [0.29, 0.717) is 17.9 Å². The molecule has 0 aromatic heterocycles. The van der Waals surface area contributed by atoms with Crippen molar-refractivity contribution >= 4 is 17.8 Å². The van der Waals surface area contributed by atoms with E-state index in [1.807, 2.05) is 6.92 Å². The Labute approximate surface area is 176 Å². The molecule has 0 saturated heterocycles. The van der Waals surface area contributed by atoms with E-state index in [2.05, 4.69) is 0 Å². The molecule has 4 atom stereocenters. The van der Waals surface area contributed by atoms with Gasteiger partial charge >= 0.3 is 5.97 Å². The summed E-state index contributed by atoms with van der Waals surface area (Å²) in [5.74, 6) is -1.53. The summed E-state index contributed by atoms with van der Waals surface area (Å²) < 4.78 is 11.1. The highest BCUT2D eigenvalue weighted by Crippen LogP contribution is 2.31. The molecule has 0 spiro atoms. The summed E-state index contributed by atoms with van der Waals surface area (Å²) in [7, 11) is 0. The molecule has 7 nitrogen and oxygen atoms in total. The quantitative estimate of drug-likeness (QED) is 0.509. The third kappa shape index (κ3) is 6.18. The van der Waals surface area contributed by atoms with Gasteiger partial charge < -0.3 is 24.8 Å². The van der Waals surface area contributed by atoms with Gasteiger partial charge in [0.25, 0.3) is 0 Å². The van der Waals surface area contributed by atoms with Gasteiger partial charge in [0.2, 0.25) is 0 Å². The third-order valence-electron chi connectivity index (χ3n) is 5.02. The molecule has 0 aliphatic carbocycles. The highest BCUT2D eigenvalue weighted by atomic mass is 16.5. The van der Waals surface area contributed by atoms with Crippen molar-refractivity contribution in [2.24, 2.45) is 5.92 Å². The fourth-order valence-electron chi connectivity index (χ4n) is 2.88. The minimum Gasteiger partial charge on any atom is -0.507 e. The molecule has 2 rings (SSSR count). The van der Waals surface area contributed by atoms with Crippen LogP contribution in [0.5, 0.6) is 11.5 Å². The van der Waals surface area contributed by atoms with Gasteiger partial charge in [-0.05, 0) is 37.5 Å². The Morgan fingerprint density at radius 1 is 1.17 bits per heavy atom. The topological polar surface area (TPSA) is 113 Å². The van der Waals surface area contributed by atoms with Crippen molar-refractivity contribution in [1.82, 2.24) is 0 Å². The third-order valence-corrected chi connectivity index (χ3v) is 5.02. The zero-order chi connectivity index (χ0) is 22.3. The number of phenols is 1. The summed E-state index contributed by atoms with van der Waals surface area (Å²) in [6.45, 7) is 5.92. The molecular weight excluding hydrogens is 388 g/mol. The fourth-order valence-corrected chi connectivity index (χ4v) is 2.88. The number of esters is 1. The highest BCUT2D eigenvalue weighted by Gasteiger charge is 2.25. The maximum Gasteiger partial charge on any atom is 0.342 e. The van der Waals surface area contributed by atoms with Crippen LogP contribution in [0, 0.1) is 5.92 Å². The molecule has 0 fully saturated rings. The molecule has 7 heteroatoms. The Morgan fingerprint density at radius 2 is 1.90 bits per heavy atom. The molecule has 1 aliphatic heterocycles. The normalized spacial score (nSPS) is 27.5. The van der Waals surface area contributed by atoms with Crippen LogP contribution >= 0.6 is 0 Å². The number of unbranched alkanes of at least 4 members (excludes halogenated alkanes) is 1. The van der Waals surface area contributed by atoms with Crippen LogP contribution < -0.4 is 4.74 Å². The number of hydrogen-bond acceptors (Lipinski definition) is 7. The predicted octanol–water partition coefficient (Wildman–Crippen LogP) is 3.02. The van der Waals surface area contributed by atoms with E-state index < -0.39 is 30.1 Å². The lowest BCUT2D eigenvalue weighted by atomic mass is 9.99. The van der Waals surface area contributed by atoms with Crippen LogP contribution in [0.3, 0.4) is 0 Å². The summed E-state index contributed by atoms with van der Waals surface area (Å²) >= 11 is 0. The SMILES string of the molecule is CCCCOc1cc(O)c2c(c1)/C=C/CC(O)C(O)C(=O)/C=C\[C@@H](C)[C@H](C)OC2=O. The maximum atomic E-state index is 12.8. The number of hydrogen-bond donors (Lipinski definition) is 3. The van der Waals surface area contributed by atoms with Crippen LogP contribution in [0.2, 0.25) is 0 Å². The van der Waals surface area contributed by atoms with Crippen LogP contribution in [0.4, 0.5) is 0 Å². The predicted molar refractivity (Wildman–Crippen MR) is 112 cm³/mol. The summed E-state index contributed by atoms with van der Waals surface area (Å²) in [5.41, 5.74) is 0.340. The zero-order valence-corrected chi connectivity index (χ0v) is 17.6. The standard InChI is InChI=1S/C23H30O7/c1-4-5-11-29-17-12-16-7-6-8-18(24)22(27)19(25)10-9-14(2)15(3)30-23(28)21(16)20(26)13-17/h6-7,9-10,12-15,18,22,24,26-27H,4-5,8,11H2,1-3H3/b7-6+,10-9-/t14-,15+,18?,22?/m1/s1. The van der Waals surface area contributed by atoms with Crippen molar-refractivity contribution in [3.63, 3.8) is 0 Å². The Hall–Kier alpha value is -2.64. The minimum atomic E-state index is -1.56. The lowest BCUT2D eigenvalue weighted by Crippen LogP contribution is -2.32. The second-order valence-electron chi connectivity index (χ2n) is 7.49. The maximum absolute atomic E-state index is 12.8. The summed E-state index contributed by atoms with van der Waals surface area (Å²) in [4.78, 5) is 24.8. The number of aliphatic hydroxyl groups excluding tert-OH is 2. The molecule has 1 aliphatic rings. The van der Waals surface area contributed by atoms with E-state index in [9.17, 15) is 24.9 Å². The Morgan fingerprint density at radius 3 is 2.60 bits per heavy atom. The Kier molecular flexibility index (Phi) is 8.62. The number of cyclic esters (lactones) is 1. The molecule has 2 unspecified atom stereocenters. The van der Waals surface area contributed by atoms with Gasteiger partial charge in [-0.3, -0.25) is 4.79 Å². The lowest BCUT2D eigenvalue weighted by molar-refractivity contribution is -0.127. The number of aromatic hydroxyl groups is 1. The average molecular weight is 418 g/mol. The highest BCUT2D eigenvalue weighted by molar-refractivity contribution is 5.97. The first-order valence-corrected chi connectivity index (χ1v) is 10.2. The van der Waals surface area contributed by atoms with Crippen LogP contribution in [0.15, 0.2) is 30.4 Å². The molecule has 0 bridgehead atoms. The zero-order valence-electron chi connectivity index (χ0n) is 17.6. The first-order valence-electron chi connectivity index (χ1n) is 10.2. The van der Waals surface area contributed by atoms with E-state index in [-0.39, 0.29) is 23.7 Å². The van der Waals surface area contributed by atoms with Gasteiger partial charge in [-0.2, -0.15) is 0 Å². The van der Waals surface area contributed by atoms with Crippen molar-refractivity contribution in [2.75, 3.05) is 6.61 Å². The number of ketones is 1. The van der Waals surface area contributed by atoms with Gasteiger partial charge in [-0.1, -0.05) is 38.5 Å². The van der Waals surface area contributed by atoms with Gasteiger partial charge in [0.1, 0.15) is 29.3 Å². The molecule has 3 N–H and O–H groups in total. The molecule has 30 heavy (non-hydrogen) atoms. The molecular formula is C23H30O7. The van der Waals surface area contributed by atoms with Crippen LogP contribution in [0.1, 0.15) is 56.0 Å². The molecule has 1 heterocycles. The van der Waals surface area contributed by atoms with Crippen molar-refractivity contribution in [1.29, 1.82) is 0 Å². The number of benzene rings is 1. The number of carbonyl (C=O) groups excluding carboxylic acids is 2. The van der Waals surface area contributed by atoms with Crippen molar-refractivity contribution in [3.8, 4) is 11.5 Å². The van der Waals surface area contributed by atoms with Gasteiger partial charge in [0.05, 0.1) is 12.7 Å². The van der Waals surface area contributed by atoms with Gasteiger partial charge in [0.15, 0.2) is 5.78 Å². The lowest BCUT2D eigenvalue weighted by Gasteiger charge is -2.20. The summed E-state index contributed by atoms with van der Waals surface area (Å²) in [5, 5.41) is 30.6. The number of fused-ring (bicyclic) bond motifs is 1. The molecule has 1 aromatic carbocycles. The Bertz CT molecular complexity index is 812. The minimum absolute atomic E-state index is 0.0136. The van der Waals surface area contributed by atoms with Crippen LogP contribution in [-0.2, 0) is 9.53 Å². The van der Waals surface area contributed by atoms with Crippen LogP contribution in [-0.4, -0.2) is 52.0 Å². The number of carbonyl (C=O) groups is 2. The van der Waals surface area contributed by atoms with Gasteiger partial charge in [-0.15, -0.1) is 0 Å². The number of phenolic OH excluding ortho intramolecular Hbond substituents is 1. The van der Waals surface area contributed by atoms with Gasteiger partial charge in [0, 0.05) is 12.0 Å². The molecule has 0 saturated carbocycles. The molecule has 164 valence electrons. The van der Waals surface area contributed by atoms with Crippen molar-refractivity contribution in [2.45, 2.75) is 58.3 Å². The average Bonchev–Trinajstić information content (AvgIpc) is 2.70. The summed E-state index contributed by atoms with van der Waals surface area (Å²) in [6.07, 6.45) is 4.06.